The Labute approximate surface area is 179 Å². The maximum absolute atomic E-state index is 12.3. The van der Waals surface area contributed by atoms with Crippen LogP contribution in [0.4, 0.5) is 5.69 Å². The molecule has 1 aliphatic heterocycles. The van der Waals surface area contributed by atoms with Crippen molar-refractivity contribution in [2.75, 3.05) is 18.0 Å². The van der Waals surface area contributed by atoms with E-state index >= 15 is 0 Å². The van der Waals surface area contributed by atoms with Crippen LogP contribution in [0.2, 0.25) is 0 Å². The summed E-state index contributed by atoms with van der Waals surface area (Å²) in [4.78, 5) is 2.40. The Hall–Kier alpha value is -2.63. The number of benzene rings is 3. The standard InChI is InChI=1S/C25H28N2O2S/c1-20-6-8-22(9-7-20)19-30(28,29)26-16-14-21-10-12-25(13-11-21)27-17-15-23-4-2-3-5-24(23)18-27/h2-13,26H,14-19H2,1H3. The van der Waals surface area contributed by atoms with Gasteiger partial charge in [-0.3, -0.25) is 0 Å². The lowest BCUT2D eigenvalue weighted by Crippen LogP contribution is -2.30. The lowest BCUT2D eigenvalue weighted by atomic mass is 9.99. The predicted molar refractivity (Wildman–Crippen MR) is 123 cm³/mol. The van der Waals surface area contributed by atoms with Gasteiger partial charge < -0.3 is 4.90 Å². The number of fused-ring (bicyclic) bond motifs is 1. The summed E-state index contributed by atoms with van der Waals surface area (Å²) in [5.74, 6) is 0.0165. The Kier molecular flexibility index (Phi) is 6.21. The van der Waals surface area contributed by atoms with Crippen molar-refractivity contribution in [1.29, 1.82) is 0 Å². The van der Waals surface area contributed by atoms with Crippen LogP contribution in [0.5, 0.6) is 0 Å². The van der Waals surface area contributed by atoms with Crippen molar-refractivity contribution in [2.24, 2.45) is 0 Å². The summed E-state index contributed by atoms with van der Waals surface area (Å²) in [6.07, 6.45) is 1.75. The molecular weight excluding hydrogens is 392 g/mol. The third-order valence-corrected chi connectivity index (χ3v) is 7.00. The topological polar surface area (TPSA) is 49.4 Å². The molecule has 0 spiro atoms. The summed E-state index contributed by atoms with van der Waals surface area (Å²) in [5, 5.41) is 0. The minimum atomic E-state index is -3.33. The van der Waals surface area contributed by atoms with Gasteiger partial charge in [-0.05, 0) is 54.2 Å². The van der Waals surface area contributed by atoms with E-state index in [9.17, 15) is 8.42 Å². The zero-order valence-electron chi connectivity index (χ0n) is 17.3. The number of nitrogens with zero attached hydrogens (tertiary/aromatic N) is 1. The molecule has 156 valence electrons. The molecule has 0 aromatic heterocycles. The molecule has 1 aliphatic rings. The van der Waals surface area contributed by atoms with Gasteiger partial charge in [0.1, 0.15) is 0 Å². The molecule has 5 heteroatoms. The van der Waals surface area contributed by atoms with Crippen molar-refractivity contribution in [3.05, 3.63) is 101 Å². The zero-order valence-corrected chi connectivity index (χ0v) is 18.2. The van der Waals surface area contributed by atoms with Crippen LogP contribution in [0.25, 0.3) is 0 Å². The van der Waals surface area contributed by atoms with Crippen LogP contribution in [0, 0.1) is 6.92 Å². The Bertz CT molecular complexity index is 1090. The highest BCUT2D eigenvalue weighted by molar-refractivity contribution is 7.88. The van der Waals surface area contributed by atoms with E-state index in [0.717, 1.165) is 36.2 Å². The largest absolute Gasteiger partial charge is 0.367 e. The molecule has 4 nitrogen and oxygen atoms in total. The number of hydrogen-bond acceptors (Lipinski definition) is 3. The number of anilines is 1. The van der Waals surface area contributed by atoms with Gasteiger partial charge in [-0.15, -0.1) is 0 Å². The molecule has 0 radical (unpaired) electrons. The zero-order chi connectivity index (χ0) is 21.0. The monoisotopic (exact) mass is 420 g/mol. The molecule has 1 heterocycles. The van der Waals surface area contributed by atoms with E-state index in [-0.39, 0.29) is 5.75 Å². The van der Waals surface area contributed by atoms with Gasteiger partial charge >= 0.3 is 0 Å². The molecule has 3 aromatic rings. The van der Waals surface area contributed by atoms with Crippen LogP contribution in [-0.4, -0.2) is 21.5 Å². The first-order valence-corrected chi connectivity index (χ1v) is 12.1. The Morgan fingerprint density at radius 2 is 1.53 bits per heavy atom. The lowest BCUT2D eigenvalue weighted by Gasteiger charge is -2.30. The molecule has 4 rings (SSSR count). The summed E-state index contributed by atoms with van der Waals surface area (Å²) in [6, 6.07) is 24.7. The molecule has 0 unspecified atom stereocenters. The predicted octanol–water partition coefficient (Wildman–Crippen LogP) is 4.22. The van der Waals surface area contributed by atoms with Crippen LogP contribution in [0.1, 0.15) is 27.8 Å². The Balaban J connectivity index is 1.29. The molecule has 0 fully saturated rings. The van der Waals surface area contributed by atoms with Crippen LogP contribution in [0.3, 0.4) is 0 Å². The molecule has 0 atom stereocenters. The fourth-order valence-corrected chi connectivity index (χ4v) is 5.04. The highest BCUT2D eigenvalue weighted by atomic mass is 32.2. The highest BCUT2D eigenvalue weighted by Gasteiger charge is 2.16. The van der Waals surface area contributed by atoms with Gasteiger partial charge in [0.05, 0.1) is 5.75 Å². The Morgan fingerprint density at radius 1 is 0.867 bits per heavy atom. The van der Waals surface area contributed by atoms with Gasteiger partial charge in [0.2, 0.25) is 10.0 Å². The Morgan fingerprint density at radius 3 is 2.27 bits per heavy atom. The molecular formula is C25H28N2O2S. The summed E-state index contributed by atoms with van der Waals surface area (Å²) < 4.78 is 27.4. The van der Waals surface area contributed by atoms with E-state index in [4.69, 9.17) is 0 Å². The first-order chi connectivity index (χ1) is 14.5. The van der Waals surface area contributed by atoms with Crippen LogP contribution < -0.4 is 9.62 Å². The van der Waals surface area contributed by atoms with Gasteiger partial charge in [0.25, 0.3) is 0 Å². The van der Waals surface area contributed by atoms with Gasteiger partial charge in [-0.1, -0.05) is 66.2 Å². The normalized spacial score (nSPS) is 13.8. The van der Waals surface area contributed by atoms with Gasteiger partial charge in [0.15, 0.2) is 0 Å². The van der Waals surface area contributed by atoms with E-state index in [1.807, 2.05) is 31.2 Å². The number of sulfonamides is 1. The summed E-state index contributed by atoms with van der Waals surface area (Å²) in [6.45, 7) is 4.36. The van der Waals surface area contributed by atoms with Crippen molar-refractivity contribution in [3.8, 4) is 0 Å². The number of nitrogens with one attached hydrogen (secondary N) is 1. The second kappa shape index (κ2) is 9.02. The first-order valence-electron chi connectivity index (χ1n) is 10.4. The molecule has 0 amide bonds. The summed E-state index contributed by atoms with van der Waals surface area (Å²) in [7, 11) is -3.33. The fourth-order valence-electron chi connectivity index (χ4n) is 3.90. The smallest absolute Gasteiger partial charge is 0.215 e. The van der Waals surface area contributed by atoms with E-state index < -0.39 is 10.0 Å². The van der Waals surface area contributed by atoms with E-state index in [1.165, 1.54) is 16.8 Å². The third kappa shape index (κ3) is 5.29. The fraction of sp³-hybridized carbons (Fsp3) is 0.280. The quantitative estimate of drug-likeness (QED) is 0.623. The maximum atomic E-state index is 12.3. The van der Waals surface area contributed by atoms with Crippen LogP contribution >= 0.6 is 0 Å². The molecule has 3 aromatic carbocycles. The molecule has 0 aliphatic carbocycles. The molecule has 1 N–H and O–H groups in total. The maximum Gasteiger partial charge on any atom is 0.215 e. The number of aryl methyl sites for hydroxylation is 1. The summed E-state index contributed by atoms with van der Waals surface area (Å²) in [5.41, 5.74) is 7.13. The van der Waals surface area contributed by atoms with Crippen LogP contribution in [0.15, 0.2) is 72.8 Å². The molecule has 0 saturated heterocycles. The van der Waals surface area contributed by atoms with Crippen molar-refractivity contribution < 1.29 is 8.42 Å². The average molecular weight is 421 g/mol. The third-order valence-electron chi connectivity index (χ3n) is 5.65. The average Bonchev–Trinajstić information content (AvgIpc) is 2.75. The minimum Gasteiger partial charge on any atom is -0.367 e. The van der Waals surface area contributed by atoms with Crippen molar-refractivity contribution in [3.63, 3.8) is 0 Å². The second-order valence-electron chi connectivity index (χ2n) is 8.00. The van der Waals surface area contributed by atoms with Crippen molar-refractivity contribution in [1.82, 2.24) is 4.72 Å². The second-order valence-corrected chi connectivity index (χ2v) is 9.80. The highest BCUT2D eigenvalue weighted by Crippen LogP contribution is 2.24. The number of hydrogen-bond donors (Lipinski definition) is 1. The SMILES string of the molecule is Cc1ccc(CS(=O)(=O)NCCc2ccc(N3CCc4ccccc4C3)cc2)cc1. The summed E-state index contributed by atoms with van der Waals surface area (Å²) >= 11 is 0. The lowest BCUT2D eigenvalue weighted by molar-refractivity contribution is 0.581. The van der Waals surface area contributed by atoms with Gasteiger partial charge in [-0.2, -0.15) is 0 Å². The van der Waals surface area contributed by atoms with E-state index in [0.29, 0.717) is 13.0 Å². The number of rotatable bonds is 7. The van der Waals surface area contributed by atoms with Gasteiger partial charge in [0, 0.05) is 25.3 Å². The minimum absolute atomic E-state index is 0.0165. The first kappa shape index (κ1) is 20.6. The van der Waals surface area contributed by atoms with Crippen molar-refractivity contribution >= 4 is 15.7 Å². The van der Waals surface area contributed by atoms with E-state index in [1.54, 1.807) is 0 Å². The molecule has 0 bridgehead atoms. The van der Waals surface area contributed by atoms with Crippen LogP contribution in [-0.2, 0) is 35.2 Å². The molecule has 0 saturated carbocycles. The van der Waals surface area contributed by atoms with E-state index in [2.05, 4.69) is 58.2 Å². The molecule has 30 heavy (non-hydrogen) atoms. The van der Waals surface area contributed by atoms with Crippen molar-refractivity contribution in [2.45, 2.75) is 32.1 Å². The van der Waals surface area contributed by atoms with Gasteiger partial charge in [-0.25, -0.2) is 13.1 Å².